The van der Waals surface area contributed by atoms with Crippen molar-refractivity contribution < 1.29 is 0 Å². The number of hydrogen-bond donors (Lipinski definition) is 0. The summed E-state index contributed by atoms with van der Waals surface area (Å²) in [6.45, 7) is 6.59. The van der Waals surface area contributed by atoms with Crippen molar-refractivity contribution in [2.24, 2.45) is 0 Å². The number of aryl methyl sites for hydroxylation is 1. The number of pyridine rings is 1. The Bertz CT molecular complexity index is 490. The molecule has 90 valence electrons. The summed E-state index contributed by atoms with van der Waals surface area (Å²) in [6, 6.07) is 2.07. The quantitative estimate of drug-likeness (QED) is 0.804. The van der Waals surface area contributed by atoms with Crippen LogP contribution in [0.25, 0.3) is 10.6 Å². The van der Waals surface area contributed by atoms with Gasteiger partial charge in [0, 0.05) is 23.3 Å². The van der Waals surface area contributed by atoms with Gasteiger partial charge in [-0.25, -0.2) is 4.98 Å². The Kier molecular flexibility index (Phi) is 3.89. The van der Waals surface area contributed by atoms with Crippen molar-refractivity contribution in [2.45, 2.75) is 39.5 Å². The topological polar surface area (TPSA) is 25.8 Å². The molecule has 0 N–H and O–H groups in total. The molecule has 2 heterocycles. The lowest BCUT2D eigenvalue weighted by molar-refractivity contribution is 0.714. The highest BCUT2D eigenvalue weighted by Gasteiger charge is 2.11. The minimum atomic E-state index is 0.548. The van der Waals surface area contributed by atoms with Gasteiger partial charge in [0.2, 0.25) is 0 Å². The molecule has 0 radical (unpaired) electrons. The molecule has 0 aliphatic rings. The van der Waals surface area contributed by atoms with Crippen molar-refractivity contribution in [3.05, 3.63) is 35.1 Å². The molecule has 0 bridgehead atoms. The molecule has 1 unspecified atom stereocenters. The van der Waals surface area contributed by atoms with Gasteiger partial charge in [-0.15, -0.1) is 11.3 Å². The minimum absolute atomic E-state index is 0.548. The van der Waals surface area contributed by atoms with Crippen LogP contribution in [0.5, 0.6) is 0 Å². The van der Waals surface area contributed by atoms with E-state index in [4.69, 9.17) is 4.98 Å². The highest BCUT2D eigenvalue weighted by atomic mass is 32.1. The van der Waals surface area contributed by atoms with Crippen molar-refractivity contribution in [1.82, 2.24) is 9.97 Å². The molecular formula is C14H18N2S. The summed E-state index contributed by atoms with van der Waals surface area (Å²) >= 11 is 1.74. The maximum absolute atomic E-state index is 4.75. The highest BCUT2D eigenvalue weighted by Crippen LogP contribution is 2.30. The minimum Gasteiger partial charge on any atom is -0.264 e. The van der Waals surface area contributed by atoms with Crippen molar-refractivity contribution in [3.63, 3.8) is 0 Å². The first-order valence-corrected chi connectivity index (χ1v) is 7.02. The van der Waals surface area contributed by atoms with E-state index < -0.39 is 0 Å². The summed E-state index contributed by atoms with van der Waals surface area (Å²) in [4.78, 5) is 8.93. The van der Waals surface area contributed by atoms with E-state index >= 15 is 0 Å². The second-order valence-corrected chi connectivity index (χ2v) is 5.13. The van der Waals surface area contributed by atoms with Crippen LogP contribution in [0.2, 0.25) is 0 Å². The molecule has 0 fully saturated rings. The number of hydrogen-bond acceptors (Lipinski definition) is 3. The fourth-order valence-corrected chi connectivity index (χ4v) is 2.76. The summed E-state index contributed by atoms with van der Waals surface area (Å²) in [7, 11) is 0. The van der Waals surface area contributed by atoms with Crippen LogP contribution in [0.1, 0.15) is 44.4 Å². The third-order valence-electron chi connectivity index (χ3n) is 3.15. The van der Waals surface area contributed by atoms with Gasteiger partial charge in [0.15, 0.2) is 0 Å². The Hall–Kier alpha value is -1.22. The average molecular weight is 246 g/mol. The maximum Gasteiger partial charge on any atom is 0.124 e. The van der Waals surface area contributed by atoms with E-state index in [9.17, 15) is 0 Å². The highest BCUT2D eigenvalue weighted by molar-refractivity contribution is 7.13. The lowest BCUT2D eigenvalue weighted by Crippen LogP contribution is -1.92. The van der Waals surface area contributed by atoms with Crippen molar-refractivity contribution in [3.8, 4) is 10.6 Å². The van der Waals surface area contributed by atoms with E-state index in [-0.39, 0.29) is 0 Å². The fraction of sp³-hybridized carbons (Fsp3) is 0.429. The molecule has 0 amide bonds. The zero-order valence-electron chi connectivity index (χ0n) is 10.6. The van der Waals surface area contributed by atoms with Crippen LogP contribution in [-0.2, 0) is 6.42 Å². The summed E-state index contributed by atoms with van der Waals surface area (Å²) in [5.74, 6) is 0.548. The van der Waals surface area contributed by atoms with Gasteiger partial charge >= 0.3 is 0 Å². The van der Waals surface area contributed by atoms with Gasteiger partial charge in [0.1, 0.15) is 5.01 Å². The number of nitrogens with zero attached hydrogens (tertiary/aromatic N) is 2. The molecule has 3 heteroatoms. The second kappa shape index (κ2) is 5.41. The van der Waals surface area contributed by atoms with Crippen LogP contribution >= 0.6 is 11.3 Å². The molecule has 2 nitrogen and oxygen atoms in total. The van der Waals surface area contributed by atoms with E-state index in [1.54, 1.807) is 11.3 Å². The zero-order valence-corrected chi connectivity index (χ0v) is 11.4. The summed E-state index contributed by atoms with van der Waals surface area (Å²) in [5, 5.41) is 3.31. The second-order valence-electron chi connectivity index (χ2n) is 4.27. The predicted octanol–water partition coefficient (Wildman–Crippen LogP) is 4.28. The Morgan fingerprint density at radius 3 is 2.88 bits per heavy atom. The molecule has 17 heavy (non-hydrogen) atoms. The predicted molar refractivity (Wildman–Crippen MR) is 73.4 cm³/mol. The third-order valence-corrected chi connectivity index (χ3v) is 4.05. The molecule has 0 aliphatic carbocycles. The molecule has 2 aromatic heterocycles. The van der Waals surface area contributed by atoms with Gasteiger partial charge in [-0.05, 0) is 30.4 Å². The SMILES string of the molecule is CCc1cnccc1-c1nc(C(C)CC)cs1. The Morgan fingerprint density at radius 2 is 2.18 bits per heavy atom. The van der Waals surface area contributed by atoms with E-state index in [0.717, 1.165) is 17.8 Å². The van der Waals surface area contributed by atoms with Gasteiger partial charge in [0.25, 0.3) is 0 Å². The van der Waals surface area contributed by atoms with Crippen LogP contribution in [0, 0.1) is 0 Å². The normalized spacial score (nSPS) is 12.6. The van der Waals surface area contributed by atoms with Crippen molar-refractivity contribution >= 4 is 11.3 Å². The molecule has 0 aromatic carbocycles. The molecule has 0 saturated heterocycles. The standard InChI is InChI=1S/C14H18N2S/c1-4-10(3)13-9-17-14(16-13)12-6-7-15-8-11(12)5-2/h6-10H,4-5H2,1-3H3. The van der Waals surface area contributed by atoms with E-state index in [1.807, 2.05) is 12.4 Å². The van der Waals surface area contributed by atoms with Crippen LogP contribution in [0.4, 0.5) is 0 Å². The Balaban J connectivity index is 2.37. The number of thiazole rings is 1. The molecule has 0 spiro atoms. The van der Waals surface area contributed by atoms with Gasteiger partial charge in [-0.2, -0.15) is 0 Å². The van der Waals surface area contributed by atoms with E-state index in [2.05, 4.69) is 37.2 Å². The Labute approximate surface area is 107 Å². The lowest BCUT2D eigenvalue weighted by atomic mass is 10.1. The average Bonchev–Trinajstić information content (AvgIpc) is 2.87. The zero-order chi connectivity index (χ0) is 12.3. The molecule has 0 aliphatic heterocycles. The number of rotatable bonds is 4. The van der Waals surface area contributed by atoms with Crippen LogP contribution < -0.4 is 0 Å². The van der Waals surface area contributed by atoms with E-state index in [0.29, 0.717) is 5.92 Å². The largest absolute Gasteiger partial charge is 0.264 e. The smallest absolute Gasteiger partial charge is 0.124 e. The summed E-state index contributed by atoms with van der Waals surface area (Å²) in [6.07, 6.45) is 5.93. The summed E-state index contributed by atoms with van der Waals surface area (Å²) < 4.78 is 0. The van der Waals surface area contributed by atoms with E-state index in [1.165, 1.54) is 16.8 Å². The molecule has 2 rings (SSSR count). The lowest BCUT2D eigenvalue weighted by Gasteiger charge is -2.04. The molecule has 2 aromatic rings. The van der Waals surface area contributed by atoms with Crippen LogP contribution in [0.3, 0.4) is 0 Å². The van der Waals surface area contributed by atoms with Crippen molar-refractivity contribution in [1.29, 1.82) is 0 Å². The molecular weight excluding hydrogens is 228 g/mol. The van der Waals surface area contributed by atoms with Gasteiger partial charge in [-0.1, -0.05) is 20.8 Å². The molecule has 0 saturated carbocycles. The molecule has 1 atom stereocenters. The summed E-state index contributed by atoms with van der Waals surface area (Å²) in [5.41, 5.74) is 3.73. The first-order chi connectivity index (χ1) is 8.26. The van der Waals surface area contributed by atoms with Crippen LogP contribution in [0.15, 0.2) is 23.8 Å². The van der Waals surface area contributed by atoms with Crippen molar-refractivity contribution in [2.75, 3.05) is 0 Å². The first kappa shape index (κ1) is 12.2. The van der Waals surface area contributed by atoms with Gasteiger partial charge in [0.05, 0.1) is 5.69 Å². The third kappa shape index (κ3) is 2.55. The number of aromatic nitrogens is 2. The van der Waals surface area contributed by atoms with Gasteiger partial charge < -0.3 is 0 Å². The fourth-order valence-electron chi connectivity index (χ4n) is 1.76. The first-order valence-electron chi connectivity index (χ1n) is 6.14. The monoisotopic (exact) mass is 246 g/mol. The van der Waals surface area contributed by atoms with Gasteiger partial charge in [-0.3, -0.25) is 4.98 Å². The Morgan fingerprint density at radius 1 is 1.35 bits per heavy atom. The van der Waals surface area contributed by atoms with Crippen LogP contribution in [-0.4, -0.2) is 9.97 Å². The maximum atomic E-state index is 4.75.